The molecule has 3 nitrogen and oxygen atoms in total. The third-order valence-corrected chi connectivity index (χ3v) is 2.21. The van der Waals surface area contributed by atoms with Gasteiger partial charge in [-0.3, -0.25) is 0 Å². The number of hydrogen-bond donors (Lipinski definition) is 1. The second-order valence-electron chi connectivity index (χ2n) is 2.02. The van der Waals surface area contributed by atoms with E-state index in [1.807, 2.05) is 0 Å². The highest BCUT2D eigenvalue weighted by molar-refractivity contribution is 7.14. The van der Waals surface area contributed by atoms with Crippen molar-refractivity contribution in [1.29, 1.82) is 0 Å². The van der Waals surface area contributed by atoms with Crippen molar-refractivity contribution in [1.82, 2.24) is 0 Å². The fraction of sp³-hybridized carbons (Fsp3) is 0.167. The number of thiophene rings is 1. The predicted octanol–water partition coefficient (Wildman–Crippen LogP) is 1.68. The second kappa shape index (κ2) is 2.87. The quantitative estimate of drug-likeness (QED) is 0.706. The molecule has 0 aliphatic rings. The molecule has 1 rings (SSSR count). The summed E-state index contributed by atoms with van der Waals surface area (Å²) in [6.07, 6.45) is 0. The molecule has 0 fully saturated rings. The van der Waals surface area contributed by atoms with Gasteiger partial charge in [0, 0.05) is 4.53 Å². The van der Waals surface area contributed by atoms with Crippen LogP contribution in [0.4, 0.5) is 9.53 Å². The van der Waals surface area contributed by atoms with Crippen molar-refractivity contribution in [3.63, 3.8) is 0 Å². The van der Waals surface area contributed by atoms with Crippen LogP contribution in [0.15, 0.2) is 5.38 Å². The molecule has 0 aromatic carbocycles. The lowest BCUT2D eigenvalue weighted by atomic mass is 10.2. The highest BCUT2D eigenvalue weighted by atomic mass is 32.1. The van der Waals surface area contributed by atoms with Gasteiger partial charge in [-0.25, -0.2) is 9.74 Å². The fourth-order valence-corrected chi connectivity index (χ4v) is 1.55. The molecular weight excluding hydrogens is 169 g/mol. The first-order valence-corrected chi connectivity index (χ1v) is 3.71. The molecule has 0 amide bonds. The van der Waals surface area contributed by atoms with Crippen LogP contribution in [-0.2, 0) is 4.94 Å². The maximum absolute atomic E-state index is 11.4. The number of halogens is 1. The van der Waals surface area contributed by atoms with E-state index in [1.54, 1.807) is 12.3 Å². The number of anilines is 1. The fourth-order valence-electron chi connectivity index (χ4n) is 0.764. The van der Waals surface area contributed by atoms with Gasteiger partial charge in [0.1, 0.15) is 10.6 Å². The Labute approximate surface area is 66.5 Å². The molecule has 1 aromatic rings. The van der Waals surface area contributed by atoms with Crippen LogP contribution in [0.3, 0.4) is 0 Å². The van der Waals surface area contributed by atoms with Gasteiger partial charge < -0.3 is 5.73 Å². The standard InChI is InChI=1S/C6H6FNO2S/c1-3-2-11-5(8)4(3)6(9)10-7/h2H,8H2,1H3. The van der Waals surface area contributed by atoms with Gasteiger partial charge in [-0.05, 0) is 17.9 Å². The summed E-state index contributed by atoms with van der Waals surface area (Å²) in [6, 6.07) is 0. The summed E-state index contributed by atoms with van der Waals surface area (Å²) >= 11 is 1.18. The van der Waals surface area contributed by atoms with Gasteiger partial charge in [-0.15, -0.1) is 11.3 Å². The molecule has 0 atom stereocenters. The zero-order valence-electron chi connectivity index (χ0n) is 5.76. The van der Waals surface area contributed by atoms with Crippen molar-refractivity contribution >= 4 is 22.3 Å². The van der Waals surface area contributed by atoms with Gasteiger partial charge in [0.05, 0.1) is 0 Å². The Hall–Kier alpha value is -1.10. The first-order valence-electron chi connectivity index (χ1n) is 2.83. The van der Waals surface area contributed by atoms with Gasteiger partial charge in [-0.2, -0.15) is 0 Å². The average molecular weight is 175 g/mol. The van der Waals surface area contributed by atoms with Crippen LogP contribution < -0.4 is 5.73 Å². The number of rotatable bonds is 1. The van der Waals surface area contributed by atoms with E-state index in [0.717, 1.165) is 0 Å². The minimum absolute atomic E-state index is 0.123. The van der Waals surface area contributed by atoms with Crippen molar-refractivity contribution < 1.29 is 14.3 Å². The topological polar surface area (TPSA) is 52.3 Å². The molecular formula is C6H6FNO2S. The molecule has 0 radical (unpaired) electrons. The van der Waals surface area contributed by atoms with E-state index in [0.29, 0.717) is 5.56 Å². The zero-order chi connectivity index (χ0) is 8.43. The molecule has 0 unspecified atom stereocenters. The first-order chi connectivity index (χ1) is 5.16. The molecule has 2 N–H and O–H groups in total. The van der Waals surface area contributed by atoms with Crippen LogP contribution in [0.1, 0.15) is 15.9 Å². The van der Waals surface area contributed by atoms with E-state index in [-0.39, 0.29) is 10.6 Å². The number of carbonyl (C=O) groups excluding carboxylic acids is 1. The molecule has 1 aromatic heterocycles. The van der Waals surface area contributed by atoms with Crippen molar-refractivity contribution in [2.24, 2.45) is 0 Å². The average Bonchev–Trinajstić information content (AvgIpc) is 2.30. The number of aryl methyl sites for hydroxylation is 1. The van der Waals surface area contributed by atoms with Crippen molar-refractivity contribution in [3.05, 3.63) is 16.5 Å². The third-order valence-electron chi connectivity index (χ3n) is 1.28. The molecule has 5 heteroatoms. The SMILES string of the molecule is Cc1csc(N)c1C(=O)OF. The molecule has 0 bridgehead atoms. The molecule has 0 spiro atoms. The molecule has 11 heavy (non-hydrogen) atoms. The van der Waals surface area contributed by atoms with E-state index in [4.69, 9.17) is 5.73 Å². The minimum Gasteiger partial charge on any atom is -0.390 e. The number of hydrogen-bond acceptors (Lipinski definition) is 4. The maximum Gasteiger partial charge on any atom is 0.382 e. The summed E-state index contributed by atoms with van der Waals surface area (Å²) in [6.45, 7) is 1.67. The maximum atomic E-state index is 11.4. The highest BCUT2D eigenvalue weighted by Crippen LogP contribution is 2.24. The summed E-state index contributed by atoms with van der Waals surface area (Å²) in [5.41, 5.74) is 6.13. The normalized spacial score (nSPS) is 9.64. The van der Waals surface area contributed by atoms with Gasteiger partial charge in [0.15, 0.2) is 0 Å². The Bertz CT molecular complexity index is 265. The lowest BCUT2D eigenvalue weighted by Crippen LogP contribution is -2.02. The summed E-state index contributed by atoms with van der Waals surface area (Å²) in [7, 11) is 0. The molecule has 60 valence electrons. The van der Waals surface area contributed by atoms with Crippen LogP contribution in [0.25, 0.3) is 0 Å². The Morgan fingerprint density at radius 3 is 2.82 bits per heavy atom. The number of nitrogens with two attached hydrogens (primary N) is 1. The largest absolute Gasteiger partial charge is 0.390 e. The second-order valence-corrected chi connectivity index (χ2v) is 2.93. The van der Waals surface area contributed by atoms with Crippen LogP contribution in [0, 0.1) is 6.92 Å². The van der Waals surface area contributed by atoms with E-state index < -0.39 is 5.97 Å². The summed E-state index contributed by atoms with van der Waals surface area (Å²) in [4.78, 5) is 13.7. The highest BCUT2D eigenvalue weighted by Gasteiger charge is 2.16. The van der Waals surface area contributed by atoms with Crippen molar-refractivity contribution in [2.75, 3.05) is 5.73 Å². The Morgan fingerprint density at radius 1 is 1.82 bits per heavy atom. The van der Waals surface area contributed by atoms with E-state index >= 15 is 0 Å². The van der Waals surface area contributed by atoms with Crippen LogP contribution in [-0.4, -0.2) is 5.97 Å². The molecule has 0 aliphatic heterocycles. The van der Waals surface area contributed by atoms with Gasteiger partial charge in [-0.1, -0.05) is 0 Å². The molecule has 0 aliphatic carbocycles. The monoisotopic (exact) mass is 175 g/mol. The smallest absolute Gasteiger partial charge is 0.382 e. The van der Waals surface area contributed by atoms with Gasteiger partial charge in [0.25, 0.3) is 0 Å². The molecule has 0 saturated carbocycles. The lowest BCUT2D eigenvalue weighted by Gasteiger charge is -1.93. The Balaban J connectivity index is 3.10. The predicted molar refractivity (Wildman–Crippen MR) is 40.0 cm³/mol. The number of carbonyl (C=O) groups is 1. The Kier molecular flexibility index (Phi) is 2.09. The van der Waals surface area contributed by atoms with Gasteiger partial charge >= 0.3 is 5.97 Å². The zero-order valence-corrected chi connectivity index (χ0v) is 6.57. The Morgan fingerprint density at radius 2 is 2.45 bits per heavy atom. The minimum atomic E-state index is -1.03. The van der Waals surface area contributed by atoms with E-state index in [9.17, 15) is 9.32 Å². The van der Waals surface area contributed by atoms with Crippen LogP contribution in [0.5, 0.6) is 0 Å². The number of nitrogen functional groups attached to an aromatic ring is 1. The third kappa shape index (κ3) is 1.32. The lowest BCUT2D eigenvalue weighted by molar-refractivity contribution is -0.0787. The summed E-state index contributed by atoms with van der Waals surface area (Å²) in [5, 5.41) is 1.95. The van der Waals surface area contributed by atoms with E-state index in [2.05, 4.69) is 4.94 Å². The summed E-state index contributed by atoms with van der Waals surface area (Å²) < 4.78 is 11.4. The van der Waals surface area contributed by atoms with Gasteiger partial charge in [0.2, 0.25) is 0 Å². The summed E-state index contributed by atoms with van der Waals surface area (Å²) in [5.74, 6) is -1.03. The van der Waals surface area contributed by atoms with E-state index in [1.165, 1.54) is 11.3 Å². The molecule has 1 heterocycles. The molecule has 0 saturated heterocycles. The first kappa shape index (κ1) is 8.00. The van der Waals surface area contributed by atoms with Crippen LogP contribution >= 0.6 is 11.3 Å². The van der Waals surface area contributed by atoms with Crippen molar-refractivity contribution in [2.45, 2.75) is 6.92 Å². The van der Waals surface area contributed by atoms with Crippen molar-refractivity contribution in [3.8, 4) is 0 Å². The van der Waals surface area contributed by atoms with Crippen LogP contribution in [0.2, 0.25) is 0 Å².